The molecule has 0 fully saturated rings. The van der Waals surface area contributed by atoms with Crippen molar-refractivity contribution in [2.45, 2.75) is 37.8 Å². The number of thiol groups is 1. The van der Waals surface area contributed by atoms with Gasteiger partial charge in [0.25, 0.3) is 5.69 Å². The highest BCUT2D eigenvalue weighted by Gasteiger charge is 2.59. The molecule has 0 aliphatic carbocycles. The number of non-ortho nitro benzene ring substituents is 1. The number of para-hydroxylation sites is 1. The molecular formula is C22H23N3O5S. The summed E-state index contributed by atoms with van der Waals surface area (Å²) in [5, 5.41) is 23.0. The molecule has 31 heavy (non-hydrogen) atoms. The van der Waals surface area contributed by atoms with Crippen molar-refractivity contribution < 1.29 is 14.6 Å². The second-order valence-electron chi connectivity index (χ2n) is 8.25. The van der Waals surface area contributed by atoms with Gasteiger partial charge in [-0.25, -0.2) is 0 Å². The van der Waals surface area contributed by atoms with E-state index in [0.717, 1.165) is 35.9 Å². The zero-order valence-corrected chi connectivity index (χ0v) is 18.2. The van der Waals surface area contributed by atoms with Gasteiger partial charge < -0.3 is 9.64 Å². The van der Waals surface area contributed by atoms with Gasteiger partial charge in [0.15, 0.2) is 0 Å². The van der Waals surface area contributed by atoms with Gasteiger partial charge in [-0.1, -0.05) is 18.2 Å². The van der Waals surface area contributed by atoms with Gasteiger partial charge in [-0.15, -0.1) is 0 Å². The fourth-order valence-corrected chi connectivity index (χ4v) is 4.81. The molecule has 0 aromatic heterocycles. The van der Waals surface area contributed by atoms with Gasteiger partial charge in [-0.2, -0.15) is 12.6 Å². The fraction of sp³-hybridized carbons (Fsp3) is 0.364. The molecule has 0 N–H and O–H groups in total. The summed E-state index contributed by atoms with van der Waals surface area (Å²) >= 11 is 4.31. The van der Waals surface area contributed by atoms with Crippen LogP contribution in [0.15, 0.2) is 42.5 Å². The summed E-state index contributed by atoms with van der Waals surface area (Å²) in [4.78, 5) is 23.9. The maximum atomic E-state index is 11.8. The molecule has 2 aliphatic heterocycles. The number of nitrogens with zero attached hydrogens (tertiary/aromatic N) is 3. The Morgan fingerprint density at radius 1 is 1.10 bits per heavy atom. The quantitative estimate of drug-likeness (QED) is 0.289. The number of hydrogen-bond acceptors (Lipinski definition) is 7. The number of fused-ring (bicyclic) bond motifs is 2. The van der Waals surface area contributed by atoms with Crippen LogP contribution in [0.2, 0.25) is 0 Å². The number of ether oxygens (including phenoxy) is 1. The highest BCUT2D eigenvalue weighted by atomic mass is 32.1. The van der Waals surface area contributed by atoms with Crippen LogP contribution in [0.4, 0.5) is 17.1 Å². The first-order valence-corrected chi connectivity index (χ1v) is 10.7. The minimum atomic E-state index is -0.999. The number of unbranched alkanes of at least 4 members (excludes halogenated alkanes) is 1. The molecule has 2 aliphatic rings. The summed E-state index contributed by atoms with van der Waals surface area (Å²) in [6, 6.07) is 10.3. The van der Waals surface area contributed by atoms with Crippen molar-refractivity contribution >= 4 is 35.8 Å². The lowest BCUT2D eigenvalue weighted by molar-refractivity contribution is -0.395. The lowest BCUT2D eigenvalue weighted by atomic mass is 9.76. The van der Waals surface area contributed by atoms with Gasteiger partial charge in [0.1, 0.15) is 0 Å². The normalized spacial score (nSPS) is 20.3. The number of benzene rings is 2. The lowest BCUT2D eigenvalue weighted by Gasteiger charge is -2.47. The van der Waals surface area contributed by atoms with E-state index in [1.165, 1.54) is 6.07 Å². The van der Waals surface area contributed by atoms with Crippen LogP contribution < -0.4 is 9.64 Å². The largest absolute Gasteiger partial charge is 0.456 e. The average Bonchev–Trinajstić information content (AvgIpc) is 2.91. The number of hydrogen-bond donors (Lipinski definition) is 1. The van der Waals surface area contributed by atoms with Crippen molar-refractivity contribution in [2.75, 3.05) is 17.2 Å². The van der Waals surface area contributed by atoms with Gasteiger partial charge in [0.2, 0.25) is 11.5 Å². The van der Waals surface area contributed by atoms with Crippen LogP contribution >= 0.6 is 12.6 Å². The van der Waals surface area contributed by atoms with Gasteiger partial charge >= 0.3 is 5.69 Å². The number of nitro groups is 2. The lowest BCUT2D eigenvalue weighted by Crippen LogP contribution is -2.59. The second-order valence-corrected chi connectivity index (χ2v) is 8.70. The first-order valence-electron chi connectivity index (χ1n) is 10.1. The second kappa shape index (κ2) is 7.56. The van der Waals surface area contributed by atoms with E-state index >= 15 is 0 Å². The molecule has 0 radical (unpaired) electrons. The number of nitro benzene ring substituents is 2. The van der Waals surface area contributed by atoms with Gasteiger partial charge in [0, 0.05) is 23.9 Å². The molecule has 0 amide bonds. The summed E-state index contributed by atoms with van der Waals surface area (Å²) in [6.07, 6.45) is 5.38. The van der Waals surface area contributed by atoms with E-state index in [9.17, 15) is 20.2 Å². The van der Waals surface area contributed by atoms with Crippen LogP contribution in [0.3, 0.4) is 0 Å². The van der Waals surface area contributed by atoms with Crippen molar-refractivity contribution in [3.63, 3.8) is 0 Å². The van der Waals surface area contributed by atoms with Gasteiger partial charge in [0.05, 0.1) is 21.3 Å². The van der Waals surface area contributed by atoms with E-state index in [2.05, 4.69) is 31.4 Å². The van der Waals surface area contributed by atoms with E-state index in [4.69, 9.17) is 4.74 Å². The van der Waals surface area contributed by atoms with E-state index in [1.807, 2.05) is 30.3 Å². The minimum Gasteiger partial charge on any atom is -0.456 e. The zero-order valence-electron chi connectivity index (χ0n) is 17.3. The standard InChI is InChI=1S/C22H23N3O5S/c1-21(2)17-7-3-4-8-18(17)23(11-5-6-12-31)22(21)10-9-15-13-16(24(26)27)14-19(25(28)29)20(15)30-22/h3-4,7-10,13-14,31H,5-6,11-12H2,1-2H3. The van der Waals surface area contributed by atoms with Crippen molar-refractivity contribution in [3.8, 4) is 5.75 Å². The van der Waals surface area contributed by atoms with Crippen LogP contribution in [0.25, 0.3) is 6.08 Å². The topological polar surface area (TPSA) is 98.8 Å². The highest BCUT2D eigenvalue weighted by molar-refractivity contribution is 7.80. The third-order valence-electron chi connectivity index (χ3n) is 6.19. The first-order chi connectivity index (χ1) is 14.7. The Labute approximate surface area is 185 Å². The smallest absolute Gasteiger partial charge is 0.318 e. The molecule has 9 heteroatoms. The monoisotopic (exact) mass is 441 g/mol. The van der Waals surface area contributed by atoms with Crippen LogP contribution in [-0.4, -0.2) is 27.9 Å². The van der Waals surface area contributed by atoms with E-state index in [0.29, 0.717) is 12.1 Å². The molecule has 8 nitrogen and oxygen atoms in total. The summed E-state index contributed by atoms with van der Waals surface area (Å²) < 4.78 is 6.50. The Hall–Kier alpha value is -3.07. The zero-order chi connectivity index (χ0) is 22.4. The van der Waals surface area contributed by atoms with E-state index in [-0.39, 0.29) is 11.4 Å². The highest BCUT2D eigenvalue weighted by Crippen LogP contribution is 2.56. The minimum absolute atomic E-state index is 0.0539. The molecule has 1 unspecified atom stereocenters. The van der Waals surface area contributed by atoms with Gasteiger partial charge in [-0.3, -0.25) is 20.2 Å². The molecule has 2 aromatic rings. The third-order valence-corrected chi connectivity index (χ3v) is 6.51. The predicted molar refractivity (Wildman–Crippen MR) is 122 cm³/mol. The molecular weight excluding hydrogens is 418 g/mol. The van der Waals surface area contributed by atoms with Crippen molar-refractivity contribution in [1.82, 2.24) is 0 Å². The molecule has 162 valence electrons. The number of anilines is 1. The van der Waals surface area contributed by atoms with Crippen LogP contribution in [0, 0.1) is 20.2 Å². The fourth-order valence-electron chi connectivity index (χ4n) is 4.58. The van der Waals surface area contributed by atoms with Crippen LogP contribution in [0.1, 0.15) is 37.8 Å². The Kier molecular flexibility index (Phi) is 5.17. The van der Waals surface area contributed by atoms with E-state index in [1.54, 1.807) is 6.08 Å². The van der Waals surface area contributed by atoms with E-state index < -0.39 is 26.7 Å². The van der Waals surface area contributed by atoms with Crippen molar-refractivity contribution in [2.24, 2.45) is 0 Å². The Bertz CT molecular complexity index is 1100. The Morgan fingerprint density at radius 3 is 2.52 bits per heavy atom. The Balaban J connectivity index is 1.88. The first kappa shape index (κ1) is 21.2. The molecule has 1 spiro atoms. The summed E-state index contributed by atoms with van der Waals surface area (Å²) in [5.74, 6) is 0.818. The summed E-state index contributed by atoms with van der Waals surface area (Å²) in [6.45, 7) is 4.79. The maximum Gasteiger partial charge on any atom is 0.318 e. The molecule has 0 bridgehead atoms. The average molecular weight is 442 g/mol. The third kappa shape index (κ3) is 3.15. The number of rotatable bonds is 6. The summed E-state index contributed by atoms with van der Waals surface area (Å²) in [5.41, 5.74) is 0.149. The Morgan fingerprint density at radius 2 is 1.84 bits per heavy atom. The molecule has 1 atom stereocenters. The van der Waals surface area contributed by atoms with Crippen molar-refractivity contribution in [1.29, 1.82) is 0 Å². The van der Waals surface area contributed by atoms with Gasteiger partial charge in [-0.05, 0) is 56.2 Å². The molecule has 0 saturated heterocycles. The summed E-state index contributed by atoms with van der Waals surface area (Å²) in [7, 11) is 0. The maximum absolute atomic E-state index is 11.8. The predicted octanol–water partition coefficient (Wildman–Crippen LogP) is 5.11. The molecule has 2 aromatic carbocycles. The molecule has 4 rings (SSSR count). The molecule has 0 saturated carbocycles. The SMILES string of the molecule is CC1(C)c2ccccc2N(CCCCS)C12C=Cc1cc([N+](=O)[O-])cc([N+](=O)[O-])c1O2. The van der Waals surface area contributed by atoms with Crippen LogP contribution in [0.5, 0.6) is 5.75 Å². The van der Waals surface area contributed by atoms with Crippen molar-refractivity contribution in [3.05, 3.63) is 73.8 Å². The molecule has 2 heterocycles. The van der Waals surface area contributed by atoms with Crippen LogP contribution in [-0.2, 0) is 5.41 Å².